The van der Waals surface area contributed by atoms with Crippen molar-refractivity contribution in [2.45, 2.75) is 20.3 Å². The molecule has 3 aromatic carbocycles. The number of hydrogen-bond donors (Lipinski definition) is 0. The summed E-state index contributed by atoms with van der Waals surface area (Å²) in [5.74, 6) is 1.91. The van der Waals surface area contributed by atoms with E-state index in [1.54, 1.807) is 7.11 Å². The summed E-state index contributed by atoms with van der Waals surface area (Å²) in [6.07, 6.45) is 2.68. The predicted molar refractivity (Wildman–Crippen MR) is 98.8 cm³/mol. The summed E-state index contributed by atoms with van der Waals surface area (Å²) in [7, 11) is 1.75. The Morgan fingerprint density at radius 1 is 0.958 bits per heavy atom. The van der Waals surface area contributed by atoms with E-state index in [9.17, 15) is 0 Å². The van der Waals surface area contributed by atoms with E-state index in [1.165, 1.54) is 16.7 Å². The third-order valence-corrected chi connectivity index (χ3v) is 4.81. The minimum atomic E-state index is 0.828. The van der Waals surface area contributed by atoms with Crippen molar-refractivity contribution in [1.29, 1.82) is 0 Å². The van der Waals surface area contributed by atoms with Crippen LogP contribution in [0.5, 0.6) is 11.5 Å². The first-order valence-corrected chi connectivity index (χ1v) is 8.20. The number of rotatable bonds is 3. The van der Waals surface area contributed by atoms with Crippen molar-refractivity contribution < 1.29 is 9.47 Å². The molecular formula is C22H20O2. The topological polar surface area (TPSA) is 18.5 Å². The Kier molecular flexibility index (Phi) is 3.53. The summed E-state index contributed by atoms with van der Waals surface area (Å²) in [4.78, 5) is 0. The zero-order chi connectivity index (χ0) is 16.7. The summed E-state index contributed by atoms with van der Waals surface area (Å²) in [6, 6.07) is 16.8. The van der Waals surface area contributed by atoms with Crippen molar-refractivity contribution >= 4 is 16.3 Å². The lowest BCUT2D eigenvalue weighted by molar-refractivity contribution is 0.413. The maximum Gasteiger partial charge on any atom is 0.138 e. The van der Waals surface area contributed by atoms with Gasteiger partial charge in [0.1, 0.15) is 11.5 Å². The van der Waals surface area contributed by atoms with Gasteiger partial charge in [-0.05, 0) is 36.1 Å². The van der Waals surface area contributed by atoms with Crippen LogP contribution in [0.3, 0.4) is 0 Å². The second-order valence-electron chi connectivity index (χ2n) is 6.28. The SMILES string of the molecule is COc1c(Cc2ccccc2)c(C)c2c3c(cccc13)C(C)=CO2. The zero-order valence-electron chi connectivity index (χ0n) is 14.2. The molecule has 0 saturated heterocycles. The molecule has 0 amide bonds. The van der Waals surface area contributed by atoms with Crippen LogP contribution in [0.15, 0.2) is 54.8 Å². The van der Waals surface area contributed by atoms with Crippen molar-refractivity contribution in [1.82, 2.24) is 0 Å². The minimum Gasteiger partial charge on any atom is -0.496 e. The van der Waals surface area contributed by atoms with Gasteiger partial charge in [0.05, 0.1) is 13.4 Å². The van der Waals surface area contributed by atoms with Crippen molar-refractivity contribution in [2.24, 2.45) is 0 Å². The zero-order valence-corrected chi connectivity index (χ0v) is 14.2. The molecule has 0 aliphatic carbocycles. The fourth-order valence-corrected chi connectivity index (χ4v) is 3.58. The molecule has 0 unspecified atom stereocenters. The van der Waals surface area contributed by atoms with Gasteiger partial charge in [-0.3, -0.25) is 0 Å². The predicted octanol–water partition coefficient (Wildman–Crippen LogP) is 5.50. The van der Waals surface area contributed by atoms with Crippen LogP contribution in [-0.4, -0.2) is 7.11 Å². The quantitative estimate of drug-likeness (QED) is 0.635. The van der Waals surface area contributed by atoms with Crippen LogP contribution in [0.25, 0.3) is 16.3 Å². The molecule has 24 heavy (non-hydrogen) atoms. The van der Waals surface area contributed by atoms with E-state index in [0.717, 1.165) is 39.8 Å². The van der Waals surface area contributed by atoms with Crippen LogP contribution in [-0.2, 0) is 6.42 Å². The van der Waals surface area contributed by atoms with Crippen LogP contribution in [0.1, 0.15) is 29.2 Å². The number of hydrogen-bond acceptors (Lipinski definition) is 2. The van der Waals surface area contributed by atoms with Gasteiger partial charge < -0.3 is 9.47 Å². The third-order valence-electron chi connectivity index (χ3n) is 4.81. The van der Waals surface area contributed by atoms with Gasteiger partial charge in [0.15, 0.2) is 0 Å². The standard InChI is InChI=1S/C22H20O2/c1-14-13-24-21-15(2)19(12-16-8-5-4-6-9-16)22(23-3)18-11-7-10-17(14)20(18)21/h4-11,13H,12H2,1-3H3. The molecule has 0 spiro atoms. The average molecular weight is 316 g/mol. The molecule has 1 aliphatic heterocycles. The molecule has 0 fully saturated rings. The van der Waals surface area contributed by atoms with Crippen LogP contribution in [0.2, 0.25) is 0 Å². The number of allylic oxidation sites excluding steroid dienone is 1. The molecule has 0 N–H and O–H groups in total. The van der Waals surface area contributed by atoms with Gasteiger partial charge >= 0.3 is 0 Å². The van der Waals surface area contributed by atoms with E-state index in [1.807, 2.05) is 12.3 Å². The van der Waals surface area contributed by atoms with E-state index in [0.29, 0.717) is 0 Å². The molecule has 2 heteroatoms. The van der Waals surface area contributed by atoms with Gasteiger partial charge in [0, 0.05) is 22.8 Å². The summed E-state index contributed by atoms with van der Waals surface area (Å²) in [5.41, 5.74) is 5.98. The van der Waals surface area contributed by atoms with Crippen LogP contribution < -0.4 is 9.47 Å². The fraction of sp³-hybridized carbons (Fsp3) is 0.182. The Labute approximate surface area is 142 Å². The molecule has 0 bridgehead atoms. The van der Waals surface area contributed by atoms with Crippen LogP contribution in [0, 0.1) is 6.92 Å². The second kappa shape index (κ2) is 5.72. The Hall–Kier alpha value is -2.74. The molecule has 2 nitrogen and oxygen atoms in total. The van der Waals surface area contributed by atoms with Gasteiger partial charge in [-0.25, -0.2) is 0 Å². The summed E-state index contributed by atoms with van der Waals surface area (Å²) >= 11 is 0. The molecule has 0 aromatic heterocycles. The third kappa shape index (κ3) is 2.18. The first-order valence-electron chi connectivity index (χ1n) is 8.20. The lowest BCUT2D eigenvalue weighted by atomic mass is 9.89. The number of methoxy groups -OCH3 is 1. The summed E-state index contributed by atoms with van der Waals surface area (Å²) in [5, 5.41) is 2.28. The smallest absolute Gasteiger partial charge is 0.138 e. The van der Waals surface area contributed by atoms with Gasteiger partial charge in [-0.1, -0.05) is 48.5 Å². The number of benzene rings is 3. The highest BCUT2D eigenvalue weighted by atomic mass is 16.5. The first kappa shape index (κ1) is 14.8. The van der Waals surface area contributed by atoms with E-state index >= 15 is 0 Å². The molecule has 120 valence electrons. The molecule has 3 aromatic rings. The lowest BCUT2D eigenvalue weighted by Gasteiger charge is -2.23. The second-order valence-corrected chi connectivity index (χ2v) is 6.28. The Morgan fingerprint density at radius 2 is 1.75 bits per heavy atom. The summed E-state index contributed by atoms with van der Waals surface area (Å²) in [6.45, 7) is 4.21. The first-order chi connectivity index (χ1) is 11.7. The van der Waals surface area contributed by atoms with Crippen molar-refractivity contribution in [3.63, 3.8) is 0 Å². The largest absolute Gasteiger partial charge is 0.496 e. The van der Waals surface area contributed by atoms with Crippen molar-refractivity contribution in [3.8, 4) is 11.5 Å². The lowest BCUT2D eigenvalue weighted by Crippen LogP contribution is -2.05. The maximum atomic E-state index is 6.00. The minimum absolute atomic E-state index is 0.828. The highest BCUT2D eigenvalue weighted by molar-refractivity contribution is 6.04. The molecule has 1 aliphatic rings. The summed E-state index contributed by atoms with van der Waals surface area (Å²) < 4.78 is 11.8. The van der Waals surface area contributed by atoms with E-state index in [2.05, 4.69) is 56.3 Å². The highest BCUT2D eigenvalue weighted by Gasteiger charge is 2.23. The van der Waals surface area contributed by atoms with Gasteiger partial charge in [0.2, 0.25) is 0 Å². The molecule has 0 atom stereocenters. The average Bonchev–Trinajstić information content (AvgIpc) is 2.62. The van der Waals surface area contributed by atoms with E-state index in [-0.39, 0.29) is 0 Å². The van der Waals surface area contributed by atoms with Gasteiger partial charge in [-0.2, -0.15) is 0 Å². The maximum absolute atomic E-state index is 6.00. The van der Waals surface area contributed by atoms with Gasteiger partial charge in [-0.15, -0.1) is 0 Å². The monoisotopic (exact) mass is 316 g/mol. The Morgan fingerprint density at radius 3 is 2.50 bits per heavy atom. The molecule has 0 radical (unpaired) electrons. The molecule has 1 heterocycles. The van der Waals surface area contributed by atoms with Crippen molar-refractivity contribution in [3.05, 3.63) is 77.0 Å². The van der Waals surface area contributed by atoms with Crippen LogP contribution >= 0.6 is 0 Å². The molecular weight excluding hydrogens is 296 g/mol. The normalized spacial score (nSPS) is 12.7. The van der Waals surface area contributed by atoms with E-state index < -0.39 is 0 Å². The highest BCUT2D eigenvalue weighted by Crippen LogP contribution is 2.46. The van der Waals surface area contributed by atoms with Crippen molar-refractivity contribution in [2.75, 3.05) is 7.11 Å². The van der Waals surface area contributed by atoms with E-state index in [4.69, 9.17) is 9.47 Å². The fourth-order valence-electron chi connectivity index (χ4n) is 3.58. The molecule has 4 rings (SSSR count). The Bertz CT molecular complexity index is 953. The van der Waals surface area contributed by atoms with Gasteiger partial charge in [0.25, 0.3) is 0 Å². The molecule has 0 saturated carbocycles. The Balaban J connectivity index is 2.01. The van der Waals surface area contributed by atoms with Crippen LogP contribution in [0.4, 0.5) is 0 Å². The number of ether oxygens (including phenoxy) is 2.